The molecule has 0 unspecified atom stereocenters. The van der Waals surface area contributed by atoms with Gasteiger partial charge in [-0.3, -0.25) is 9.69 Å². The van der Waals surface area contributed by atoms with Crippen LogP contribution in [0.2, 0.25) is 0 Å². The Bertz CT molecular complexity index is 657. The van der Waals surface area contributed by atoms with Gasteiger partial charge < -0.3 is 9.84 Å². The van der Waals surface area contributed by atoms with Gasteiger partial charge in [0, 0.05) is 11.6 Å². The van der Waals surface area contributed by atoms with Crippen molar-refractivity contribution in [3.05, 3.63) is 29.8 Å². The van der Waals surface area contributed by atoms with E-state index in [4.69, 9.17) is 4.74 Å². The maximum Gasteiger partial charge on any atom is 0.233 e. The molecule has 7 atom stereocenters. The van der Waals surface area contributed by atoms with Crippen LogP contribution >= 0.6 is 0 Å². The molecule has 4 aliphatic rings. The highest BCUT2D eigenvalue weighted by Crippen LogP contribution is 2.68. The van der Waals surface area contributed by atoms with Gasteiger partial charge in [-0.15, -0.1) is 0 Å². The van der Waals surface area contributed by atoms with Crippen LogP contribution in [0.25, 0.3) is 0 Å². The van der Waals surface area contributed by atoms with Gasteiger partial charge in [0.2, 0.25) is 5.91 Å². The lowest BCUT2D eigenvalue weighted by Gasteiger charge is -2.38. The molecule has 1 aromatic carbocycles. The Morgan fingerprint density at radius 2 is 2.05 bits per heavy atom. The average molecular weight is 299 g/mol. The number of anilines is 1. The predicted molar refractivity (Wildman–Crippen MR) is 81.1 cm³/mol. The first-order valence-corrected chi connectivity index (χ1v) is 8.35. The number of fused-ring (bicyclic) bond motifs is 2. The van der Waals surface area contributed by atoms with Crippen molar-refractivity contribution >= 4 is 11.6 Å². The van der Waals surface area contributed by atoms with Crippen molar-refractivity contribution in [2.75, 3.05) is 4.90 Å². The Balaban J connectivity index is 1.66. The van der Waals surface area contributed by atoms with Crippen molar-refractivity contribution in [1.29, 1.82) is 0 Å². The van der Waals surface area contributed by atoms with Crippen LogP contribution < -0.4 is 4.90 Å². The molecule has 1 N–H and O–H groups in total. The first kappa shape index (κ1) is 13.1. The van der Waals surface area contributed by atoms with Gasteiger partial charge in [0.25, 0.3) is 0 Å². The van der Waals surface area contributed by atoms with E-state index in [2.05, 4.69) is 6.92 Å². The number of benzene rings is 1. The highest BCUT2D eigenvalue weighted by molar-refractivity contribution is 6.00. The van der Waals surface area contributed by atoms with E-state index >= 15 is 0 Å². The minimum absolute atomic E-state index is 0.0556. The minimum atomic E-state index is -0.543. The van der Waals surface area contributed by atoms with Gasteiger partial charge in [-0.2, -0.15) is 0 Å². The number of aliphatic hydroxyl groups is 1. The van der Waals surface area contributed by atoms with Crippen molar-refractivity contribution in [1.82, 2.24) is 0 Å². The summed E-state index contributed by atoms with van der Waals surface area (Å²) in [6, 6.07) is 8.12. The number of aryl methyl sites for hydroxylation is 1. The first-order chi connectivity index (χ1) is 10.6. The molecule has 0 spiro atoms. The molecule has 4 nitrogen and oxygen atoms in total. The van der Waals surface area contributed by atoms with E-state index in [-0.39, 0.29) is 29.8 Å². The zero-order chi connectivity index (χ0) is 15.2. The molecule has 4 heteroatoms. The fourth-order valence-corrected chi connectivity index (χ4v) is 5.80. The summed E-state index contributed by atoms with van der Waals surface area (Å²) in [5.74, 6) is 0.797. The number of rotatable bonds is 2. The van der Waals surface area contributed by atoms with E-state index in [1.165, 1.54) is 5.56 Å². The van der Waals surface area contributed by atoms with Crippen LogP contribution in [0, 0.1) is 30.6 Å². The SMILES string of the molecule is CC[C@]12O[C@@H]3[C@H](O)[C@H]4C[C@H]3[C@@H]1[C@@H]4C(=O)N2c1ccc(C)cc1. The van der Waals surface area contributed by atoms with Crippen molar-refractivity contribution in [3.63, 3.8) is 0 Å². The number of ether oxygens (including phenoxy) is 1. The second-order valence-corrected chi connectivity index (χ2v) is 7.40. The smallest absolute Gasteiger partial charge is 0.233 e. The minimum Gasteiger partial charge on any atom is -0.390 e. The Kier molecular flexibility index (Phi) is 2.33. The Morgan fingerprint density at radius 1 is 1.32 bits per heavy atom. The molecule has 2 aliphatic heterocycles. The van der Waals surface area contributed by atoms with Crippen LogP contribution in [0.3, 0.4) is 0 Å². The summed E-state index contributed by atoms with van der Waals surface area (Å²) in [6.07, 6.45) is 1.20. The molecule has 22 heavy (non-hydrogen) atoms. The van der Waals surface area contributed by atoms with Crippen LogP contribution in [0.15, 0.2) is 24.3 Å². The van der Waals surface area contributed by atoms with E-state index in [1.54, 1.807) is 0 Å². The summed E-state index contributed by atoms with van der Waals surface area (Å²) in [4.78, 5) is 15.1. The summed E-state index contributed by atoms with van der Waals surface area (Å²) < 4.78 is 6.40. The lowest BCUT2D eigenvalue weighted by molar-refractivity contribution is -0.133. The van der Waals surface area contributed by atoms with E-state index in [0.717, 1.165) is 18.5 Å². The molecular weight excluding hydrogens is 278 g/mol. The maximum absolute atomic E-state index is 13.1. The molecule has 0 radical (unpaired) electrons. The third-order valence-corrected chi connectivity index (χ3v) is 6.59. The van der Waals surface area contributed by atoms with Crippen molar-refractivity contribution in [2.45, 2.75) is 44.6 Å². The lowest BCUT2D eigenvalue weighted by atomic mass is 9.76. The van der Waals surface area contributed by atoms with Crippen LogP contribution in [-0.4, -0.2) is 28.9 Å². The highest BCUT2D eigenvalue weighted by Gasteiger charge is 2.77. The zero-order valence-electron chi connectivity index (χ0n) is 12.9. The molecule has 2 bridgehead atoms. The molecule has 116 valence electrons. The van der Waals surface area contributed by atoms with E-state index in [9.17, 15) is 9.90 Å². The topological polar surface area (TPSA) is 49.8 Å². The summed E-state index contributed by atoms with van der Waals surface area (Å²) >= 11 is 0. The number of amides is 1. The van der Waals surface area contributed by atoms with Crippen molar-refractivity contribution in [2.24, 2.45) is 23.7 Å². The number of carbonyl (C=O) groups excluding carboxylic acids is 1. The molecule has 0 aromatic heterocycles. The number of carbonyl (C=O) groups is 1. The lowest BCUT2D eigenvalue weighted by Crippen LogP contribution is -2.50. The Morgan fingerprint density at radius 3 is 2.73 bits per heavy atom. The molecule has 4 fully saturated rings. The zero-order valence-corrected chi connectivity index (χ0v) is 12.9. The third-order valence-electron chi connectivity index (χ3n) is 6.59. The number of nitrogens with zero attached hydrogens (tertiary/aromatic N) is 1. The second kappa shape index (κ2) is 3.92. The fourth-order valence-electron chi connectivity index (χ4n) is 5.80. The fraction of sp³-hybridized carbons (Fsp3) is 0.611. The maximum atomic E-state index is 13.1. The molecule has 5 rings (SSSR count). The predicted octanol–water partition coefficient (Wildman–Crippen LogP) is 2.09. The first-order valence-electron chi connectivity index (χ1n) is 8.35. The second-order valence-electron chi connectivity index (χ2n) is 7.40. The van der Waals surface area contributed by atoms with Gasteiger partial charge in [-0.1, -0.05) is 24.6 Å². The third kappa shape index (κ3) is 1.23. The molecular formula is C18H21NO3. The van der Waals surface area contributed by atoms with Crippen LogP contribution in [-0.2, 0) is 9.53 Å². The van der Waals surface area contributed by atoms with Gasteiger partial charge >= 0.3 is 0 Å². The summed E-state index contributed by atoms with van der Waals surface area (Å²) in [5, 5.41) is 10.5. The Hall–Kier alpha value is -1.39. The van der Waals surface area contributed by atoms with Crippen molar-refractivity contribution in [3.8, 4) is 0 Å². The van der Waals surface area contributed by atoms with E-state index < -0.39 is 11.8 Å². The van der Waals surface area contributed by atoms with Crippen molar-refractivity contribution < 1.29 is 14.6 Å². The van der Waals surface area contributed by atoms with Gasteiger partial charge in [-0.05, 0) is 43.7 Å². The molecule has 2 heterocycles. The van der Waals surface area contributed by atoms with E-state index in [0.29, 0.717) is 5.92 Å². The summed E-state index contributed by atoms with van der Waals surface area (Å²) in [7, 11) is 0. The van der Waals surface area contributed by atoms with Crippen LogP contribution in [0.5, 0.6) is 0 Å². The van der Waals surface area contributed by atoms with Crippen LogP contribution in [0.4, 0.5) is 5.69 Å². The van der Waals surface area contributed by atoms with Gasteiger partial charge in [0.1, 0.15) is 0 Å². The molecule has 2 aliphatic carbocycles. The molecule has 2 saturated carbocycles. The number of aliphatic hydroxyl groups excluding tert-OH is 1. The summed E-state index contributed by atoms with van der Waals surface area (Å²) in [5.41, 5.74) is 1.57. The normalized spacial score (nSPS) is 47.8. The van der Waals surface area contributed by atoms with E-state index in [1.807, 2.05) is 36.1 Å². The Labute approximate surface area is 130 Å². The highest BCUT2D eigenvalue weighted by atomic mass is 16.6. The molecule has 1 amide bonds. The average Bonchev–Trinajstić information content (AvgIpc) is 3.17. The largest absolute Gasteiger partial charge is 0.390 e. The standard InChI is InChI=1S/C18H21NO3/c1-3-18-14-12-8-11(15(20)16(12)22-18)13(14)17(21)19(18)10-6-4-9(2)5-7-10/h4-7,11-16,20H,3,8H2,1-2H3/t11-,12-,13+,14+,15+,16-,18-/m0/s1. The summed E-state index contributed by atoms with van der Waals surface area (Å²) in [6.45, 7) is 4.15. The molecule has 1 aromatic rings. The van der Waals surface area contributed by atoms with Crippen LogP contribution in [0.1, 0.15) is 25.3 Å². The molecule has 2 saturated heterocycles. The number of hydrogen-bond donors (Lipinski definition) is 1. The quantitative estimate of drug-likeness (QED) is 0.910. The monoisotopic (exact) mass is 299 g/mol. The van der Waals surface area contributed by atoms with Gasteiger partial charge in [0.05, 0.1) is 18.1 Å². The number of hydrogen-bond acceptors (Lipinski definition) is 3. The van der Waals surface area contributed by atoms with Gasteiger partial charge in [-0.25, -0.2) is 0 Å². The van der Waals surface area contributed by atoms with Gasteiger partial charge in [0.15, 0.2) is 5.72 Å².